The molecule has 1 aromatic rings. The van der Waals surface area contributed by atoms with Gasteiger partial charge in [-0.15, -0.1) is 0 Å². The summed E-state index contributed by atoms with van der Waals surface area (Å²) in [5.41, 5.74) is 2.24. The molecule has 0 heterocycles. The van der Waals surface area contributed by atoms with Crippen LogP contribution in [-0.2, 0) is 16.4 Å². The second-order valence-corrected chi connectivity index (χ2v) is 7.03. The van der Waals surface area contributed by atoms with E-state index in [-0.39, 0.29) is 12.4 Å². The van der Waals surface area contributed by atoms with Crippen molar-refractivity contribution in [3.8, 4) is 5.75 Å². The van der Waals surface area contributed by atoms with Gasteiger partial charge in [-0.25, -0.2) is 8.42 Å². The second-order valence-electron chi connectivity index (χ2n) is 4.77. The summed E-state index contributed by atoms with van der Waals surface area (Å²) in [6.45, 7) is 6.04. The summed E-state index contributed by atoms with van der Waals surface area (Å²) in [7, 11) is -2.98. The van der Waals surface area contributed by atoms with Gasteiger partial charge < -0.3 is 10.1 Å². The molecule has 0 bridgehead atoms. The number of sulfone groups is 1. The van der Waals surface area contributed by atoms with Crippen molar-refractivity contribution >= 4 is 9.84 Å². The van der Waals surface area contributed by atoms with Gasteiger partial charge in [0, 0.05) is 18.4 Å². The Morgan fingerprint density at radius 3 is 2.68 bits per heavy atom. The molecule has 1 rings (SSSR count). The lowest BCUT2D eigenvalue weighted by Gasteiger charge is -2.12. The zero-order valence-electron chi connectivity index (χ0n) is 11.9. The number of rotatable bonds is 8. The van der Waals surface area contributed by atoms with Crippen molar-refractivity contribution in [2.75, 3.05) is 25.2 Å². The van der Waals surface area contributed by atoms with Crippen LogP contribution in [-0.4, -0.2) is 33.6 Å². The average molecular weight is 285 g/mol. The monoisotopic (exact) mass is 285 g/mol. The Hall–Kier alpha value is -1.07. The van der Waals surface area contributed by atoms with Gasteiger partial charge in [0.15, 0.2) is 9.84 Å². The molecule has 108 valence electrons. The van der Waals surface area contributed by atoms with Gasteiger partial charge in [0.1, 0.15) is 12.4 Å². The van der Waals surface area contributed by atoms with Crippen LogP contribution in [0.25, 0.3) is 0 Å². The first kappa shape index (κ1) is 16.0. The van der Waals surface area contributed by atoms with Crippen LogP contribution < -0.4 is 10.1 Å². The number of benzene rings is 1. The molecule has 1 aromatic carbocycles. The van der Waals surface area contributed by atoms with Gasteiger partial charge >= 0.3 is 0 Å². The summed E-state index contributed by atoms with van der Waals surface area (Å²) >= 11 is 0. The van der Waals surface area contributed by atoms with Crippen LogP contribution in [0, 0.1) is 6.92 Å². The van der Waals surface area contributed by atoms with Crippen LogP contribution in [0.2, 0.25) is 0 Å². The molecule has 0 amide bonds. The fraction of sp³-hybridized carbons (Fsp3) is 0.571. The third-order valence-electron chi connectivity index (χ3n) is 2.67. The first-order valence-electron chi connectivity index (χ1n) is 6.53. The molecule has 0 aliphatic heterocycles. The molecule has 0 spiro atoms. The van der Waals surface area contributed by atoms with E-state index in [4.69, 9.17) is 4.74 Å². The van der Waals surface area contributed by atoms with Gasteiger partial charge in [-0.2, -0.15) is 0 Å². The van der Waals surface area contributed by atoms with Crippen molar-refractivity contribution in [1.82, 2.24) is 5.32 Å². The molecule has 0 radical (unpaired) electrons. The molecule has 0 unspecified atom stereocenters. The molecule has 0 saturated carbocycles. The Balaban J connectivity index is 2.65. The smallest absolute Gasteiger partial charge is 0.150 e. The summed E-state index contributed by atoms with van der Waals surface area (Å²) < 4.78 is 27.7. The summed E-state index contributed by atoms with van der Waals surface area (Å²) in [6, 6.07) is 5.94. The highest BCUT2D eigenvalue weighted by molar-refractivity contribution is 7.90. The molecular weight excluding hydrogens is 262 g/mol. The minimum absolute atomic E-state index is 0.0444. The fourth-order valence-corrected chi connectivity index (χ4v) is 2.08. The highest BCUT2D eigenvalue weighted by Gasteiger charge is 2.06. The molecule has 0 atom stereocenters. The minimum atomic E-state index is -2.98. The van der Waals surface area contributed by atoms with Gasteiger partial charge in [-0.1, -0.05) is 24.6 Å². The highest BCUT2D eigenvalue weighted by atomic mass is 32.2. The highest BCUT2D eigenvalue weighted by Crippen LogP contribution is 2.20. The topological polar surface area (TPSA) is 55.4 Å². The quantitative estimate of drug-likeness (QED) is 0.741. The van der Waals surface area contributed by atoms with Gasteiger partial charge in [-0.05, 0) is 26.0 Å². The maximum atomic E-state index is 11.1. The van der Waals surface area contributed by atoms with Crippen LogP contribution in [0.3, 0.4) is 0 Å². The second kappa shape index (κ2) is 7.50. The Morgan fingerprint density at radius 1 is 1.32 bits per heavy atom. The third-order valence-corrected chi connectivity index (χ3v) is 3.58. The lowest BCUT2D eigenvalue weighted by molar-refractivity contribution is 0.336. The zero-order valence-corrected chi connectivity index (χ0v) is 12.7. The lowest BCUT2D eigenvalue weighted by atomic mass is 10.1. The molecular formula is C14H23NO3S. The molecule has 0 saturated heterocycles. The van der Waals surface area contributed by atoms with E-state index in [1.54, 1.807) is 0 Å². The standard InChI is InChI=1S/C14H23NO3S/c1-4-7-15-11-13-10-12(2)5-6-14(13)18-8-9-19(3,16)17/h5-6,10,15H,4,7-9,11H2,1-3H3. The van der Waals surface area contributed by atoms with Crippen LogP contribution >= 0.6 is 0 Å². The van der Waals surface area contributed by atoms with E-state index in [1.165, 1.54) is 11.8 Å². The normalized spacial score (nSPS) is 11.5. The summed E-state index contributed by atoms with van der Waals surface area (Å²) in [5, 5.41) is 3.33. The number of hydrogen-bond acceptors (Lipinski definition) is 4. The molecule has 0 aliphatic rings. The molecule has 0 aromatic heterocycles. The van der Waals surface area contributed by atoms with Crippen LogP contribution in [0.4, 0.5) is 0 Å². The minimum Gasteiger partial charge on any atom is -0.492 e. The average Bonchev–Trinajstić information content (AvgIpc) is 2.30. The van der Waals surface area contributed by atoms with Crippen molar-refractivity contribution in [3.63, 3.8) is 0 Å². The van der Waals surface area contributed by atoms with Gasteiger partial charge in [-0.3, -0.25) is 0 Å². The van der Waals surface area contributed by atoms with E-state index >= 15 is 0 Å². The van der Waals surface area contributed by atoms with Crippen molar-refractivity contribution < 1.29 is 13.2 Å². The predicted molar refractivity (Wildman–Crippen MR) is 78.4 cm³/mol. The first-order valence-corrected chi connectivity index (χ1v) is 8.59. The van der Waals surface area contributed by atoms with Crippen LogP contribution in [0.1, 0.15) is 24.5 Å². The zero-order chi connectivity index (χ0) is 14.3. The first-order chi connectivity index (χ1) is 8.92. The van der Waals surface area contributed by atoms with Crippen LogP contribution in [0.15, 0.2) is 18.2 Å². The van der Waals surface area contributed by atoms with Crippen molar-refractivity contribution in [2.45, 2.75) is 26.8 Å². The van der Waals surface area contributed by atoms with Crippen LogP contribution in [0.5, 0.6) is 5.75 Å². The number of ether oxygens (including phenoxy) is 1. The van der Waals surface area contributed by atoms with Crippen molar-refractivity contribution in [1.29, 1.82) is 0 Å². The summed E-state index contributed by atoms with van der Waals surface area (Å²) in [4.78, 5) is 0. The molecule has 19 heavy (non-hydrogen) atoms. The van der Waals surface area contributed by atoms with Crippen molar-refractivity contribution in [3.05, 3.63) is 29.3 Å². The van der Waals surface area contributed by atoms with E-state index in [9.17, 15) is 8.42 Å². The Labute approximate surface area is 116 Å². The Bertz CT molecular complexity index is 497. The maximum Gasteiger partial charge on any atom is 0.150 e. The van der Waals surface area contributed by atoms with Gasteiger partial charge in [0.25, 0.3) is 0 Å². The van der Waals surface area contributed by atoms with E-state index in [0.717, 1.165) is 30.8 Å². The van der Waals surface area contributed by atoms with E-state index in [1.807, 2.05) is 19.1 Å². The molecule has 0 fully saturated rings. The SMILES string of the molecule is CCCNCc1cc(C)ccc1OCCS(C)(=O)=O. The predicted octanol–water partition coefficient (Wildman–Crippen LogP) is 1.92. The molecule has 4 nitrogen and oxygen atoms in total. The van der Waals surface area contributed by atoms with E-state index < -0.39 is 9.84 Å². The lowest BCUT2D eigenvalue weighted by Crippen LogP contribution is -2.16. The molecule has 1 N–H and O–H groups in total. The number of aryl methyl sites for hydroxylation is 1. The molecule has 5 heteroatoms. The van der Waals surface area contributed by atoms with E-state index in [0.29, 0.717) is 0 Å². The largest absolute Gasteiger partial charge is 0.492 e. The Morgan fingerprint density at radius 2 is 2.05 bits per heavy atom. The molecule has 0 aliphatic carbocycles. The summed E-state index contributed by atoms with van der Waals surface area (Å²) in [5.74, 6) is 0.806. The third kappa shape index (κ3) is 6.59. The maximum absolute atomic E-state index is 11.1. The van der Waals surface area contributed by atoms with E-state index in [2.05, 4.69) is 18.3 Å². The van der Waals surface area contributed by atoms with Gasteiger partial charge in [0.2, 0.25) is 0 Å². The van der Waals surface area contributed by atoms with Gasteiger partial charge in [0.05, 0.1) is 5.75 Å². The number of hydrogen-bond donors (Lipinski definition) is 1. The van der Waals surface area contributed by atoms with Crippen molar-refractivity contribution in [2.24, 2.45) is 0 Å². The Kier molecular flexibility index (Phi) is 6.31. The number of nitrogens with one attached hydrogen (secondary N) is 1. The fourth-order valence-electron chi connectivity index (χ4n) is 1.69. The summed E-state index contributed by atoms with van der Waals surface area (Å²) in [6.07, 6.45) is 2.30.